The Balaban J connectivity index is 2.93. The lowest BCUT2D eigenvalue weighted by Gasteiger charge is -2.14. The molecular weight excluding hydrogens is 238 g/mol. The fraction of sp³-hybridized carbons (Fsp3) is 0.455. The van der Waals surface area contributed by atoms with Gasteiger partial charge in [0, 0.05) is 12.6 Å². The minimum absolute atomic E-state index is 0.0142. The maximum Gasteiger partial charge on any atom is 0.242 e. The Morgan fingerprint density at radius 2 is 2.00 bits per heavy atom. The molecule has 1 unspecified atom stereocenters. The summed E-state index contributed by atoms with van der Waals surface area (Å²) in [6.45, 7) is 2.54. The van der Waals surface area contributed by atoms with Gasteiger partial charge in [-0.15, -0.1) is 0 Å². The molecule has 0 aliphatic carbocycles. The van der Waals surface area contributed by atoms with E-state index < -0.39 is 10.0 Å². The Morgan fingerprint density at radius 1 is 1.35 bits per heavy atom. The fourth-order valence-electron chi connectivity index (χ4n) is 1.34. The van der Waals surface area contributed by atoms with Crippen LogP contribution in [0.25, 0.3) is 0 Å². The maximum absolute atomic E-state index is 11.8. The van der Waals surface area contributed by atoms with E-state index in [1.54, 1.807) is 24.3 Å². The summed E-state index contributed by atoms with van der Waals surface area (Å²) >= 11 is 0. The van der Waals surface area contributed by atoms with Crippen LogP contribution in [0.1, 0.15) is 13.3 Å². The first-order valence-electron chi connectivity index (χ1n) is 5.53. The molecule has 1 aromatic rings. The number of para-hydroxylation sites is 1. The molecule has 0 amide bonds. The van der Waals surface area contributed by atoms with E-state index in [0.29, 0.717) is 12.2 Å². The Bertz CT molecular complexity index is 460. The summed E-state index contributed by atoms with van der Waals surface area (Å²) in [5.41, 5.74) is 6.36. The molecule has 1 rings (SSSR count). The lowest BCUT2D eigenvalue weighted by atomic mass is 10.2. The van der Waals surface area contributed by atoms with E-state index in [4.69, 9.17) is 5.73 Å². The average molecular weight is 257 g/mol. The predicted molar refractivity (Wildman–Crippen MR) is 69.4 cm³/mol. The second kappa shape index (κ2) is 6.00. The van der Waals surface area contributed by atoms with Gasteiger partial charge in [0.2, 0.25) is 10.0 Å². The third-order valence-corrected chi connectivity index (χ3v) is 4.00. The summed E-state index contributed by atoms with van der Waals surface area (Å²) in [6, 6.07) is 6.78. The minimum atomic E-state index is -3.44. The van der Waals surface area contributed by atoms with Crippen LogP contribution in [0.5, 0.6) is 0 Å². The van der Waals surface area contributed by atoms with Crippen molar-refractivity contribution < 1.29 is 8.42 Å². The van der Waals surface area contributed by atoms with E-state index in [2.05, 4.69) is 10.0 Å². The van der Waals surface area contributed by atoms with E-state index in [1.165, 1.54) is 7.05 Å². The summed E-state index contributed by atoms with van der Waals surface area (Å²) in [5, 5.41) is 3.06. The minimum Gasteiger partial charge on any atom is -0.382 e. The smallest absolute Gasteiger partial charge is 0.242 e. The standard InChI is InChI=1S/C11H19N3O2S/c1-3-9(12)8-14-10-6-4-5-7-11(10)17(15,16)13-2/h4-7,9,13-14H,3,8,12H2,1-2H3. The highest BCUT2D eigenvalue weighted by molar-refractivity contribution is 7.89. The fourth-order valence-corrected chi connectivity index (χ4v) is 2.25. The number of nitrogens with two attached hydrogens (primary N) is 1. The van der Waals surface area contributed by atoms with Gasteiger partial charge in [0.25, 0.3) is 0 Å². The van der Waals surface area contributed by atoms with Crippen molar-refractivity contribution in [1.29, 1.82) is 0 Å². The summed E-state index contributed by atoms with van der Waals surface area (Å²) in [7, 11) is -2.04. The predicted octanol–water partition coefficient (Wildman–Crippen LogP) is 0.744. The van der Waals surface area contributed by atoms with Gasteiger partial charge in [-0.1, -0.05) is 19.1 Å². The number of rotatable bonds is 6. The first-order valence-corrected chi connectivity index (χ1v) is 7.01. The van der Waals surface area contributed by atoms with Gasteiger partial charge in [-0.3, -0.25) is 0 Å². The van der Waals surface area contributed by atoms with Crippen LogP contribution < -0.4 is 15.8 Å². The van der Waals surface area contributed by atoms with Crippen molar-refractivity contribution in [3.05, 3.63) is 24.3 Å². The largest absolute Gasteiger partial charge is 0.382 e. The van der Waals surface area contributed by atoms with Crippen molar-refractivity contribution in [2.24, 2.45) is 5.73 Å². The van der Waals surface area contributed by atoms with Crippen LogP contribution in [0.3, 0.4) is 0 Å². The number of benzene rings is 1. The van der Waals surface area contributed by atoms with Crippen LogP contribution in [0, 0.1) is 0 Å². The van der Waals surface area contributed by atoms with Crippen molar-refractivity contribution in [3.8, 4) is 0 Å². The van der Waals surface area contributed by atoms with E-state index in [-0.39, 0.29) is 10.9 Å². The summed E-state index contributed by atoms with van der Waals surface area (Å²) in [6.07, 6.45) is 0.841. The van der Waals surface area contributed by atoms with E-state index in [1.807, 2.05) is 6.92 Å². The van der Waals surface area contributed by atoms with Gasteiger partial charge < -0.3 is 11.1 Å². The van der Waals surface area contributed by atoms with Gasteiger partial charge >= 0.3 is 0 Å². The summed E-state index contributed by atoms with van der Waals surface area (Å²) < 4.78 is 25.8. The maximum atomic E-state index is 11.8. The molecule has 4 N–H and O–H groups in total. The van der Waals surface area contributed by atoms with Gasteiger partial charge in [-0.25, -0.2) is 13.1 Å². The second-order valence-corrected chi connectivity index (χ2v) is 5.61. The van der Waals surface area contributed by atoms with Crippen LogP contribution in [0.2, 0.25) is 0 Å². The molecule has 1 aromatic carbocycles. The average Bonchev–Trinajstić information content (AvgIpc) is 2.36. The van der Waals surface area contributed by atoms with Crippen molar-refractivity contribution in [1.82, 2.24) is 4.72 Å². The molecule has 0 fully saturated rings. The lowest BCUT2D eigenvalue weighted by molar-refractivity contribution is 0.588. The molecule has 96 valence electrons. The monoisotopic (exact) mass is 257 g/mol. The highest BCUT2D eigenvalue weighted by Crippen LogP contribution is 2.20. The summed E-state index contributed by atoms with van der Waals surface area (Å²) in [5.74, 6) is 0. The number of nitrogens with one attached hydrogen (secondary N) is 2. The molecule has 0 spiro atoms. The first-order chi connectivity index (χ1) is 8.01. The van der Waals surface area contributed by atoms with Gasteiger partial charge in [0.05, 0.1) is 5.69 Å². The number of hydrogen-bond donors (Lipinski definition) is 3. The molecule has 0 heterocycles. The number of anilines is 1. The first kappa shape index (κ1) is 14.0. The lowest BCUT2D eigenvalue weighted by Crippen LogP contribution is -2.29. The molecule has 1 atom stereocenters. The highest BCUT2D eigenvalue weighted by atomic mass is 32.2. The molecule has 0 radical (unpaired) electrons. The molecule has 0 saturated heterocycles. The Kier molecular flexibility index (Phi) is 4.92. The van der Waals surface area contributed by atoms with Gasteiger partial charge in [0.15, 0.2) is 0 Å². The SMILES string of the molecule is CCC(N)CNc1ccccc1S(=O)(=O)NC. The van der Waals surface area contributed by atoms with E-state index in [0.717, 1.165) is 6.42 Å². The van der Waals surface area contributed by atoms with Gasteiger partial charge in [0.1, 0.15) is 4.90 Å². The normalized spacial score (nSPS) is 13.4. The molecule has 6 heteroatoms. The molecule has 0 aliphatic heterocycles. The number of sulfonamides is 1. The Labute approximate surface area is 102 Å². The number of hydrogen-bond acceptors (Lipinski definition) is 4. The molecule has 0 aliphatic rings. The Morgan fingerprint density at radius 3 is 2.59 bits per heavy atom. The van der Waals surface area contributed by atoms with Crippen molar-refractivity contribution >= 4 is 15.7 Å². The zero-order valence-corrected chi connectivity index (χ0v) is 10.9. The molecule has 0 aromatic heterocycles. The quantitative estimate of drug-likeness (QED) is 0.702. The molecular formula is C11H19N3O2S. The van der Waals surface area contributed by atoms with Crippen molar-refractivity contribution in [3.63, 3.8) is 0 Å². The van der Waals surface area contributed by atoms with E-state index >= 15 is 0 Å². The van der Waals surface area contributed by atoms with Crippen LogP contribution in [-0.4, -0.2) is 28.1 Å². The van der Waals surface area contributed by atoms with Crippen molar-refractivity contribution in [2.75, 3.05) is 18.9 Å². The second-order valence-electron chi connectivity index (χ2n) is 3.75. The highest BCUT2D eigenvalue weighted by Gasteiger charge is 2.15. The Hall–Kier alpha value is -1.11. The topological polar surface area (TPSA) is 84.2 Å². The zero-order chi connectivity index (χ0) is 12.9. The molecule has 5 nitrogen and oxygen atoms in total. The third kappa shape index (κ3) is 3.69. The molecule has 17 heavy (non-hydrogen) atoms. The van der Waals surface area contributed by atoms with Crippen LogP contribution in [-0.2, 0) is 10.0 Å². The van der Waals surface area contributed by atoms with Gasteiger partial charge in [-0.05, 0) is 25.6 Å². The van der Waals surface area contributed by atoms with Gasteiger partial charge in [-0.2, -0.15) is 0 Å². The zero-order valence-electron chi connectivity index (χ0n) is 10.1. The van der Waals surface area contributed by atoms with Crippen LogP contribution >= 0.6 is 0 Å². The molecule has 0 bridgehead atoms. The van der Waals surface area contributed by atoms with E-state index in [9.17, 15) is 8.42 Å². The summed E-state index contributed by atoms with van der Waals surface area (Å²) in [4.78, 5) is 0.241. The van der Waals surface area contributed by atoms with Crippen molar-refractivity contribution in [2.45, 2.75) is 24.3 Å². The van der Waals surface area contributed by atoms with Crippen LogP contribution in [0.15, 0.2) is 29.2 Å². The van der Waals surface area contributed by atoms with Crippen LogP contribution in [0.4, 0.5) is 5.69 Å². The molecule has 0 saturated carbocycles. The third-order valence-electron chi connectivity index (χ3n) is 2.52.